The minimum Gasteiger partial charge on any atom is -0.508 e. The van der Waals surface area contributed by atoms with Crippen molar-refractivity contribution in [3.8, 4) is 5.75 Å². The van der Waals surface area contributed by atoms with Crippen molar-refractivity contribution >= 4 is 0 Å². The van der Waals surface area contributed by atoms with Gasteiger partial charge in [0.25, 0.3) is 0 Å². The van der Waals surface area contributed by atoms with Crippen molar-refractivity contribution < 1.29 is 5.11 Å². The zero-order valence-corrected chi connectivity index (χ0v) is 13.1. The largest absolute Gasteiger partial charge is 0.508 e. The van der Waals surface area contributed by atoms with Crippen LogP contribution in [0.3, 0.4) is 0 Å². The maximum atomic E-state index is 9.37. The van der Waals surface area contributed by atoms with Gasteiger partial charge < -0.3 is 10.4 Å². The summed E-state index contributed by atoms with van der Waals surface area (Å²) in [6, 6.07) is 8.34. The molecule has 0 heterocycles. The Hall–Kier alpha value is -1.02. The maximum Gasteiger partial charge on any atom is 0.115 e. The number of benzene rings is 1. The van der Waals surface area contributed by atoms with Gasteiger partial charge in [0.05, 0.1) is 0 Å². The molecular formula is C19H29NO. The molecule has 2 aliphatic rings. The van der Waals surface area contributed by atoms with Crippen LogP contribution in [0.15, 0.2) is 24.3 Å². The summed E-state index contributed by atoms with van der Waals surface area (Å²) in [5.74, 6) is 2.23. The molecule has 2 N–H and O–H groups in total. The zero-order chi connectivity index (χ0) is 14.5. The van der Waals surface area contributed by atoms with Crippen molar-refractivity contribution in [2.45, 2.75) is 70.4 Å². The topological polar surface area (TPSA) is 32.3 Å². The van der Waals surface area contributed by atoms with Crippen LogP contribution in [0.4, 0.5) is 0 Å². The average Bonchev–Trinajstić information content (AvgIpc) is 2.55. The molecule has 1 aromatic carbocycles. The molecule has 2 aliphatic carbocycles. The first-order valence-electron chi connectivity index (χ1n) is 8.84. The molecule has 2 fully saturated rings. The fraction of sp³-hybridized carbons (Fsp3) is 0.684. The van der Waals surface area contributed by atoms with E-state index < -0.39 is 0 Å². The van der Waals surface area contributed by atoms with E-state index in [1.807, 2.05) is 12.1 Å². The Balaban J connectivity index is 1.57. The Bertz CT molecular complexity index is 422. The first-order chi connectivity index (χ1) is 10.3. The molecule has 1 aromatic rings. The molecule has 0 saturated heterocycles. The van der Waals surface area contributed by atoms with Crippen LogP contribution in [0.5, 0.6) is 5.75 Å². The van der Waals surface area contributed by atoms with Gasteiger partial charge in [-0.05, 0) is 42.4 Å². The van der Waals surface area contributed by atoms with E-state index >= 15 is 0 Å². The van der Waals surface area contributed by atoms with Crippen molar-refractivity contribution in [2.75, 3.05) is 0 Å². The van der Waals surface area contributed by atoms with Crippen LogP contribution in [0.25, 0.3) is 0 Å². The number of phenolic OH excluding ortho intramolecular Hbond substituents is 1. The van der Waals surface area contributed by atoms with Gasteiger partial charge in [-0.2, -0.15) is 0 Å². The van der Waals surface area contributed by atoms with Gasteiger partial charge in [0.2, 0.25) is 0 Å². The Morgan fingerprint density at radius 1 is 0.857 bits per heavy atom. The summed E-state index contributed by atoms with van der Waals surface area (Å²) < 4.78 is 0. The van der Waals surface area contributed by atoms with Gasteiger partial charge in [-0.3, -0.25) is 0 Å². The van der Waals surface area contributed by atoms with E-state index in [9.17, 15) is 5.11 Å². The fourth-order valence-electron chi connectivity index (χ4n) is 4.40. The van der Waals surface area contributed by atoms with Crippen molar-refractivity contribution in [1.29, 1.82) is 0 Å². The second-order valence-electron chi connectivity index (χ2n) is 7.00. The lowest BCUT2D eigenvalue weighted by Crippen LogP contribution is -2.42. The summed E-state index contributed by atoms with van der Waals surface area (Å²) in [4.78, 5) is 0. The Morgan fingerprint density at radius 2 is 1.52 bits per heavy atom. The van der Waals surface area contributed by atoms with Crippen LogP contribution in [-0.2, 0) is 6.54 Å². The minimum atomic E-state index is 0.358. The summed E-state index contributed by atoms with van der Waals surface area (Å²) in [5.41, 5.74) is 1.28. The molecule has 116 valence electrons. The number of hydrogen-bond donors (Lipinski definition) is 2. The summed E-state index contributed by atoms with van der Waals surface area (Å²) >= 11 is 0. The summed E-state index contributed by atoms with van der Waals surface area (Å²) in [7, 11) is 0. The molecule has 0 bridgehead atoms. The van der Waals surface area contributed by atoms with E-state index in [0.29, 0.717) is 11.8 Å². The van der Waals surface area contributed by atoms with E-state index in [4.69, 9.17) is 0 Å². The lowest BCUT2D eigenvalue weighted by molar-refractivity contribution is 0.149. The molecule has 2 heteroatoms. The number of hydrogen-bond acceptors (Lipinski definition) is 2. The highest BCUT2D eigenvalue weighted by molar-refractivity contribution is 5.25. The summed E-state index contributed by atoms with van der Waals surface area (Å²) in [6.45, 7) is 0.939. The molecule has 21 heavy (non-hydrogen) atoms. The van der Waals surface area contributed by atoms with Crippen molar-refractivity contribution in [2.24, 2.45) is 11.8 Å². The quantitative estimate of drug-likeness (QED) is 0.847. The van der Waals surface area contributed by atoms with E-state index in [1.54, 1.807) is 12.1 Å². The Kier molecular flexibility index (Phi) is 5.18. The van der Waals surface area contributed by atoms with Gasteiger partial charge in [-0.25, -0.2) is 0 Å². The predicted octanol–water partition coefficient (Wildman–Crippen LogP) is 4.62. The predicted molar refractivity (Wildman–Crippen MR) is 87.3 cm³/mol. The maximum absolute atomic E-state index is 9.37. The molecule has 3 rings (SSSR count). The third kappa shape index (κ3) is 4.00. The van der Waals surface area contributed by atoms with E-state index in [0.717, 1.165) is 18.4 Å². The van der Waals surface area contributed by atoms with Crippen LogP contribution < -0.4 is 5.32 Å². The summed E-state index contributed by atoms with van der Waals surface area (Å²) in [6.07, 6.45) is 12.9. The van der Waals surface area contributed by atoms with Crippen LogP contribution in [-0.4, -0.2) is 11.1 Å². The third-order valence-corrected chi connectivity index (χ3v) is 5.58. The molecule has 0 spiro atoms. The number of phenols is 1. The lowest BCUT2D eigenvalue weighted by Gasteiger charge is -2.39. The van der Waals surface area contributed by atoms with Gasteiger partial charge in [0.1, 0.15) is 5.75 Å². The second-order valence-corrected chi connectivity index (χ2v) is 7.00. The molecule has 2 unspecified atom stereocenters. The van der Waals surface area contributed by atoms with Gasteiger partial charge in [0.15, 0.2) is 0 Å². The molecule has 2 nitrogen and oxygen atoms in total. The summed E-state index contributed by atoms with van der Waals surface area (Å²) in [5, 5.41) is 13.2. The molecule has 2 saturated carbocycles. The van der Waals surface area contributed by atoms with E-state index in [-0.39, 0.29) is 0 Å². The van der Waals surface area contributed by atoms with Crippen LogP contribution in [0.2, 0.25) is 0 Å². The molecule has 0 amide bonds. The molecule has 0 aromatic heterocycles. The van der Waals surface area contributed by atoms with E-state index in [2.05, 4.69) is 5.32 Å². The first kappa shape index (κ1) is 14.9. The van der Waals surface area contributed by atoms with Crippen molar-refractivity contribution in [1.82, 2.24) is 5.32 Å². The molecular weight excluding hydrogens is 258 g/mol. The monoisotopic (exact) mass is 287 g/mol. The van der Waals surface area contributed by atoms with Crippen LogP contribution >= 0.6 is 0 Å². The normalized spacial score (nSPS) is 27.6. The lowest BCUT2D eigenvalue weighted by atomic mass is 9.71. The molecule has 0 aliphatic heterocycles. The number of nitrogens with one attached hydrogen (secondary N) is 1. The zero-order valence-electron chi connectivity index (χ0n) is 13.1. The second kappa shape index (κ2) is 7.31. The standard InChI is InChI=1S/C19H29NO/c21-17-12-10-15(11-13-17)14-20-19-9-5-4-8-18(19)16-6-2-1-3-7-16/h10-13,16,18-21H,1-9,14H2. The SMILES string of the molecule is Oc1ccc(CNC2CCCCC2C2CCCCC2)cc1. The van der Waals surface area contributed by atoms with Crippen LogP contribution in [0, 0.1) is 11.8 Å². The van der Waals surface area contributed by atoms with Gasteiger partial charge in [0, 0.05) is 12.6 Å². The smallest absolute Gasteiger partial charge is 0.115 e. The average molecular weight is 287 g/mol. The molecule has 2 atom stereocenters. The van der Waals surface area contributed by atoms with Gasteiger partial charge in [-0.15, -0.1) is 0 Å². The first-order valence-corrected chi connectivity index (χ1v) is 8.84. The Labute approximate surface area is 129 Å². The van der Waals surface area contributed by atoms with E-state index in [1.165, 1.54) is 63.4 Å². The highest BCUT2D eigenvalue weighted by Crippen LogP contribution is 2.38. The number of rotatable bonds is 4. The van der Waals surface area contributed by atoms with Crippen LogP contribution in [0.1, 0.15) is 63.4 Å². The highest BCUT2D eigenvalue weighted by atomic mass is 16.3. The minimum absolute atomic E-state index is 0.358. The van der Waals surface area contributed by atoms with Crippen molar-refractivity contribution in [3.05, 3.63) is 29.8 Å². The third-order valence-electron chi connectivity index (χ3n) is 5.58. The van der Waals surface area contributed by atoms with Gasteiger partial charge >= 0.3 is 0 Å². The number of aromatic hydroxyl groups is 1. The highest BCUT2D eigenvalue weighted by Gasteiger charge is 2.31. The fourth-order valence-corrected chi connectivity index (χ4v) is 4.40. The molecule has 0 radical (unpaired) electrons. The Morgan fingerprint density at radius 3 is 2.29 bits per heavy atom. The van der Waals surface area contributed by atoms with Crippen molar-refractivity contribution in [3.63, 3.8) is 0 Å². The van der Waals surface area contributed by atoms with Gasteiger partial charge in [-0.1, -0.05) is 57.1 Å².